The molecule has 0 spiro atoms. The van der Waals surface area contributed by atoms with Gasteiger partial charge in [-0.2, -0.15) is 0 Å². The van der Waals surface area contributed by atoms with Crippen molar-refractivity contribution >= 4 is 11.3 Å². The Balaban J connectivity index is 2.10. The second-order valence-electron chi connectivity index (χ2n) is 4.50. The van der Waals surface area contributed by atoms with Gasteiger partial charge < -0.3 is 5.32 Å². The van der Waals surface area contributed by atoms with Crippen LogP contribution in [0.25, 0.3) is 0 Å². The Morgan fingerprint density at radius 3 is 2.67 bits per heavy atom. The van der Waals surface area contributed by atoms with Crippen molar-refractivity contribution in [1.29, 1.82) is 0 Å². The normalized spacial score (nSPS) is 12.6. The predicted octanol–water partition coefficient (Wildman–Crippen LogP) is 3.73. The summed E-state index contributed by atoms with van der Waals surface area (Å²) in [7, 11) is 0. The summed E-state index contributed by atoms with van der Waals surface area (Å²) in [5.41, 5.74) is 2.47. The lowest BCUT2D eigenvalue weighted by Crippen LogP contribution is -2.24. The van der Waals surface area contributed by atoms with Crippen molar-refractivity contribution in [2.75, 3.05) is 6.54 Å². The smallest absolute Gasteiger partial charge is 0.0947 e. The molecule has 3 heteroatoms. The number of aryl methyl sites for hydroxylation is 1. The molecule has 2 nitrogen and oxygen atoms in total. The molecule has 0 aliphatic carbocycles. The van der Waals surface area contributed by atoms with Crippen LogP contribution in [0, 0.1) is 6.92 Å². The fourth-order valence-electron chi connectivity index (χ4n) is 1.98. The zero-order valence-corrected chi connectivity index (χ0v) is 11.8. The van der Waals surface area contributed by atoms with Crippen LogP contribution >= 0.6 is 11.3 Å². The first-order chi connectivity index (χ1) is 8.79. The van der Waals surface area contributed by atoms with Crippen LogP contribution in [0.4, 0.5) is 0 Å². The molecule has 1 unspecified atom stereocenters. The third-order valence-electron chi connectivity index (χ3n) is 2.89. The van der Waals surface area contributed by atoms with E-state index in [0.29, 0.717) is 6.04 Å². The molecule has 1 aromatic heterocycles. The lowest BCUT2D eigenvalue weighted by molar-refractivity contribution is 0.528. The SMILES string of the molecule is CCCNC(Cc1nc(C)cs1)c1ccccc1. The van der Waals surface area contributed by atoms with Crippen molar-refractivity contribution in [2.24, 2.45) is 0 Å². The number of aromatic nitrogens is 1. The monoisotopic (exact) mass is 260 g/mol. The molecule has 2 aromatic rings. The summed E-state index contributed by atoms with van der Waals surface area (Å²) in [6, 6.07) is 11.0. The first-order valence-electron chi connectivity index (χ1n) is 6.49. The molecular formula is C15H20N2S. The van der Waals surface area contributed by atoms with Crippen LogP contribution in [0.3, 0.4) is 0 Å². The molecule has 0 radical (unpaired) electrons. The Labute approximate surface area is 113 Å². The van der Waals surface area contributed by atoms with E-state index in [4.69, 9.17) is 0 Å². The summed E-state index contributed by atoms with van der Waals surface area (Å²) in [5, 5.41) is 6.95. The van der Waals surface area contributed by atoms with E-state index in [0.717, 1.165) is 25.1 Å². The molecule has 0 aliphatic rings. The minimum Gasteiger partial charge on any atom is -0.310 e. The first-order valence-corrected chi connectivity index (χ1v) is 7.37. The second-order valence-corrected chi connectivity index (χ2v) is 5.45. The molecular weight excluding hydrogens is 240 g/mol. The van der Waals surface area contributed by atoms with E-state index in [9.17, 15) is 0 Å². The third kappa shape index (κ3) is 3.65. The minimum atomic E-state index is 0.372. The molecule has 0 fully saturated rings. The first kappa shape index (κ1) is 13.2. The van der Waals surface area contributed by atoms with Crippen LogP contribution < -0.4 is 5.32 Å². The highest BCUT2D eigenvalue weighted by atomic mass is 32.1. The van der Waals surface area contributed by atoms with E-state index in [1.807, 2.05) is 0 Å². The van der Waals surface area contributed by atoms with E-state index in [2.05, 4.69) is 59.9 Å². The van der Waals surface area contributed by atoms with Crippen molar-refractivity contribution < 1.29 is 0 Å². The molecule has 1 heterocycles. The van der Waals surface area contributed by atoms with Gasteiger partial charge in [-0.15, -0.1) is 11.3 Å². The number of rotatable bonds is 6. The molecule has 2 rings (SSSR count). The molecule has 96 valence electrons. The van der Waals surface area contributed by atoms with Gasteiger partial charge in [0.25, 0.3) is 0 Å². The molecule has 1 atom stereocenters. The maximum Gasteiger partial charge on any atom is 0.0947 e. The summed E-state index contributed by atoms with van der Waals surface area (Å²) in [6.45, 7) is 5.30. The molecule has 18 heavy (non-hydrogen) atoms. The van der Waals surface area contributed by atoms with E-state index in [1.165, 1.54) is 10.6 Å². The number of benzene rings is 1. The zero-order valence-electron chi connectivity index (χ0n) is 11.0. The van der Waals surface area contributed by atoms with Gasteiger partial charge >= 0.3 is 0 Å². The van der Waals surface area contributed by atoms with Crippen LogP contribution in [-0.4, -0.2) is 11.5 Å². The van der Waals surface area contributed by atoms with Crippen molar-refractivity contribution in [1.82, 2.24) is 10.3 Å². The predicted molar refractivity (Wildman–Crippen MR) is 78.0 cm³/mol. The summed E-state index contributed by atoms with van der Waals surface area (Å²) >= 11 is 1.75. The number of thiazole rings is 1. The largest absolute Gasteiger partial charge is 0.310 e. The van der Waals surface area contributed by atoms with Crippen LogP contribution in [0.2, 0.25) is 0 Å². The highest BCUT2D eigenvalue weighted by Gasteiger charge is 2.12. The molecule has 1 aromatic carbocycles. The highest BCUT2D eigenvalue weighted by Crippen LogP contribution is 2.20. The van der Waals surface area contributed by atoms with Crippen LogP contribution in [0.1, 0.15) is 35.7 Å². The van der Waals surface area contributed by atoms with Crippen LogP contribution in [0.15, 0.2) is 35.7 Å². The Morgan fingerprint density at radius 2 is 2.06 bits per heavy atom. The molecule has 0 amide bonds. The van der Waals surface area contributed by atoms with Crippen molar-refractivity contribution in [2.45, 2.75) is 32.7 Å². The maximum absolute atomic E-state index is 4.56. The van der Waals surface area contributed by atoms with Gasteiger partial charge in [0.1, 0.15) is 0 Å². The lowest BCUT2D eigenvalue weighted by atomic mass is 10.0. The molecule has 0 aliphatic heterocycles. The van der Waals surface area contributed by atoms with Gasteiger partial charge in [0, 0.05) is 23.5 Å². The second kappa shape index (κ2) is 6.66. The van der Waals surface area contributed by atoms with Gasteiger partial charge in [0.2, 0.25) is 0 Å². The standard InChI is InChI=1S/C15H20N2S/c1-3-9-16-14(13-7-5-4-6-8-13)10-15-17-12(2)11-18-15/h4-8,11,14,16H,3,9-10H2,1-2H3. The van der Waals surface area contributed by atoms with E-state index >= 15 is 0 Å². The summed E-state index contributed by atoms with van der Waals surface area (Å²) in [6.07, 6.45) is 2.13. The average molecular weight is 260 g/mol. The van der Waals surface area contributed by atoms with Gasteiger partial charge in [-0.3, -0.25) is 0 Å². The zero-order chi connectivity index (χ0) is 12.8. The van der Waals surface area contributed by atoms with Crippen molar-refractivity contribution in [3.05, 3.63) is 52.0 Å². The number of nitrogens with one attached hydrogen (secondary N) is 1. The molecule has 0 saturated carbocycles. The molecule has 0 saturated heterocycles. The minimum absolute atomic E-state index is 0.372. The van der Waals surface area contributed by atoms with Gasteiger partial charge in [-0.1, -0.05) is 37.3 Å². The number of hydrogen-bond donors (Lipinski definition) is 1. The van der Waals surface area contributed by atoms with Gasteiger partial charge in [-0.05, 0) is 25.5 Å². The Morgan fingerprint density at radius 1 is 1.28 bits per heavy atom. The Kier molecular flexibility index (Phi) is 4.90. The van der Waals surface area contributed by atoms with E-state index < -0.39 is 0 Å². The van der Waals surface area contributed by atoms with Crippen molar-refractivity contribution in [3.8, 4) is 0 Å². The summed E-state index contributed by atoms with van der Waals surface area (Å²) < 4.78 is 0. The van der Waals surface area contributed by atoms with Crippen LogP contribution in [0.5, 0.6) is 0 Å². The number of nitrogens with zero attached hydrogens (tertiary/aromatic N) is 1. The number of hydrogen-bond acceptors (Lipinski definition) is 3. The van der Waals surface area contributed by atoms with Gasteiger partial charge in [0.05, 0.1) is 5.01 Å². The Hall–Kier alpha value is -1.19. The summed E-state index contributed by atoms with van der Waals surface area (Å²) in [4.78, 5) is 4.56. The van der Waals surface area contributed by atoms with Crippen molar-refractivity contribution in [3.63, 3.8) is 0 Å². The highest BCUT2D eigenvalue weighted by molar-refractivity contribution is 7.09. The van der Waals surface area contributed by atoms with Crippen LogP contribution in [-0.2, 0) is 6.42 Å². The topological polar surface area (TPSA) is 24.9 Å². The van der Waals surface area contributed by atoms with Gasteiger partial charge in [0.15, 0.2) is 0 Å². The lowest BCUT2D eigenvalue weighted by Gasteiger charge is -2.17. The van der Waals surface area contributed by atoms with E-state index in [-0.39, 0.29) is 0 Å². The molecule has 0 bridgehead atoms. The fourth-order valence-corrected chi connectivity index (χ4v) is 2.80. The van der Waals surface area contributed by atoms with Gasteiger partial charge in [-0.25, -0.2) is 4.98 Å². The molecule has 1 N–H and O–H groups in total. The quantitative estimate of drug-likeness (QED) is 0.856. The Bertz CT molecular complexity index is 464. The fraction of sp³-hybridized carbons (Fsp3) is 0.400. The van der Waals surface area contributed by atoms with E-state index in [1.54, 1.807) is 11.3 Å². The summed E-state index contributed by atoms with van der Waals surface area (Å²) in [5.74, 6) is 0. The average Bonchev–Trinajstić information content (AvgIpc) is 2.81. The third-order valence-corrected chi connectivity index (χ3v) is 3.88. The maximum atomic E-state index is 4.56.